The van der Waals surface area contributed by atoms with Gasteiger partial charge in [-0.15, -0.1) is 5.10 Å². The van der Waals surface area contributed by atoms with E-state index in [0.29, 0.717) is 17.8 Å². The first kappa shape index (κ1) is 14.8. The van der Waals surface area contributed by atoms with Crippen LogP contribution in [0.15, 0.2) is 53.7 Å². The van der Waals surface area contributed by atoms with Gasteiger partial charge in [-0.2, -0.15) is 0 Å². The maximum absolute atomic E-state index is 13.2. The van der Waals surface area contributed by atoms with Crippen LogP contribution in [0.3, 0.4) is 0 Å². The molecule has 0 unspecified atom stereocenters. The van der Waals surface area contributed by atoms with Gasteiger partial charge in [-0.25, -0.2) is 13.1 Å². The molecular formula is C16H15N5O2S. The zero-order valence-electron chi connectivity index (χ0n) is 13.0. The van der Waals surface area contributed by atoms with Crippen molar-refractivity contribution in [2.24, 2.45) is 0 Å². The molecule has 0 N–H and O–H groups in total. The summed E-state index contributed by atoms with van der Waals surface area (Å²) < 4.78 is 29.3. The van der Waals surface area contributed by atoms with Crippen LogP contribution in [0.2, 0.25) is 0 Å². The van der Waals surface area contributed by atoms with Crippen LogP contribution in [0.1, 0.15) is 11.1 Å². The molecule has 4 rings (SSSR count). The Labute approximate surface area is 139 Å². The first-order chi connectivity index (χ1) is 11.6. The Hall–Kier alpha value is -2.74. The first-order valence-corrected chi connectivity index (χ1v) is 8.96. The molecule has 0 amide bonds. The van der Waals surface area contributed by atoms with Crippen molar-refractivity contribution in [2.75, 3.05) is 10.8 Å². The molecule has 1 aromatic heterocycles. The van der Waals surface area contributed by atoms with Gasteiger partial charge >= 0.3 is 0 Å². The van der Waals surface area contributed by atoms with Crippen molar-refractivity contribution in [3.8, 4) is 5.69 Å². The fraction of sp³-hybridized carbons (Fsp3) is 0.188. The predicted molar refractivity (Wildman–Crippen MR) is 88.6 cm³/mol. The Morgan fingerprint density at radius 1 is 1.12 bits per heavy atom. The second kappa shape index (κ2) is 5.41. The van der Waals surface area contributed by atoms with E-state index in [-0.39, 0.29) is 4.90 Å². The van der Waals surface area contributed by atoms with Gasteiger partial charge in [-0.1, -0.05) is 24.3 Å². The third-order valence-corrected chi connectivity index (χ3v) is 6.15. The van der Waals surface area contributed by atoms with Crippen LogP contribution in [0.25, 0.3) is 5.69 Å². The summed E-state index contributed by atoms with van der Waals surface area (Å²) >= 11 is 0. The van der Waals surface area contributed by atoms with Crippen LogP contribution >= 0.6 is 0 Å². The fourth-order valence-electron chi connectivity index (χ4n) is 2.97. The number of sulfonamides is 1. The Kier molecular flexibility index (Phi) is 3.34. The van der Waals surface area contributed by atoms with Crippen LogP contribution in [-0.4, -0.2) is 35.2 Å². The Balaban J connectivity index is 1.82. The Bertz CT molecular complexity index is 999. The molecule has 0 saturated carbocycles. The molecule has 1 aliphatic rings. The molecule has 8 heteroatoms. The van der Waals surface area contributed by atoms with Crippen LogP contribution in [0, 0.1) is 6.92 Å². The number of para-hydroxylation sites is 1. The van der Waals surface area contributed by atoms with E-state index in [1.807, 2.05) is 24.3 Å². The van der Waals surface area contributed by atoms with E-state index in [2.05, 4.69) is 15.5 Å². The number of aromatic nitrogens is 4. The van der Waals surface area contributed by atoms with Gasteiger partial charge in [0.25, 0.3) is 10.0 Å². The third kappa shape index (κ3) is 2.26. The summed E-state index contributed by atoms with van der Waals surface area (Å²) in [4.78, 5) is 0.271. The highest BCUT2D eigenvalue weighted by Gasteiger charge is 2.31. The number of tetrazole rings is 1. The van der Waals surface area contributed by atoms with Crippen molar-refractivity contribution in [3.63, 3.8) is 0 Å². The summed E-state index contributed by atoms with van der Waals surface area (Å²) in [6.07, 6.45) is 2.16. The van der Waals surface area contributed by atoms with Crippen molar-refractivity contribution < 1.29 is 8.42 Å². The van der Waals surface area contributed by atoms with Gasteiger partial charge in [0.05, 0.1) is 16.3 Å². The standard InChI is InChI=1S/C16H15N5O2S/c1-12-6-7-14(20-11-17-18-19-20)10-16(12)24(22,23)21-9-8-13-4-2-3-5-15(13)21/h2-7,10-11H,8-9H2,1H3. The van der Waals surface area contributed by atoms with Crippen molar-refractivity contribution in [2.45, 2.75) is 18.2 Å². The maximum atomic E-state index is 13.2. The van der Waals surface area contributed by atoms with E-state index in [1.165, 1.54) is 15.3 Å². The van der Waals surface area contributed by atoms with E-state index in [4.69, 9.17) is 0 Å². The highest BCUT2D eigenvalue weighted by molar-refractivity contribution is 7.93. The highest BCUT2D eigenvalue weighted by atomic mass is 32.2. The lowest BCUT2D eigenvalue weighted by atomic mass is 10.2. The van der Waals surface area contributed by atoms with Crippen LogP contribution < -0.4 is 4.31 Å². The zero-order chi connectivity index (χ0) is 16.7. The van der Waals surface area contributed by atoms with Crippen molar-refractivity contribution in [1.82, 2.24) is 20.2 Å². The molecule has 2 aromatic carbocycles. The Morgan fingerprint density at radius 3 is 2.75 bits per heavy atom. The minimum Gasteiger partial charge on any atom is -0.266 e. The molecular weight excluding hydrogens is 326 g/mol. The SMILES string of the molecule is Cc1ccc(-n2cnnn2)cc1S(=O)(=O)N1CCc2ccccc21. The normalized spacial score (nSPS) is 14.0. The molecule has 3 aromatic rings. The van der Waals surface area contributed by atoms with E-state index >= 15 is 0 Å². The average molecular weight is 341 g/mol. The van der Waals surface area contributed by atoms with Gasteiger partial charge in [0.15, 0.2) is 0 Å². The van der Waals surface area contributed by atoms with Gasteiger partial charge in [-0.3, -0.25) is 4.31 Å². The number of aryl methyl sites for hydroxylation is 1. The second-order valence-corrected chi connectivity index (χ2v) is 7.49. The van der Waals surface area contributed by atoms with E-state index in [0.717, 1.165) is 17.7 Å². The fourth-order valence-corrected chi connectivity index (χ4v) is 4.72. The second-order valence-electron chi connectivity index (χ2n) is 5.66. The summed E-state index contributed by atoms with van der Waals surface area (Å²) in [5.41, 5.74) is 3.10. The van der Waals surface area contributed by atoms with Gasteiger partial charge in [0, 0.05) is 6.54 Å². The molecule has 0 spiro atoms. The van der Waals surface area contributed by atoms with Crippen molar-refractivity contribution >= 4 is 15.7 Å². The molecule has 24 heavy (non-hydrogen) atoms. The maximum Gasteiger partial charge on any atom is 0.264 e. The van der Waals surface area contributed by atoms with E-state index < -0.39 is 10.0 Å². The molecule has 0 fully saturated rings. The number of anilines is 1. The van der Waals surface area contributed by atoms with Gasteiger partial charge < -0.3 is 0 Å². The number of rotatable bonds is 3. The predicted octanol–water partition coefficient (Wildman–Crippen LogP) is 1.72. The molecule has 0 bridgehead atoms. The summed E-state index contributed by atoms with van der Waals surface area (Å²) in [6.45, 7) is 2.24. The lowest BCUT2D eigenvalue weighted by molar-refractivity contribution is 0.591. The van der Waals surface area contributed by atoms with Crippen LogP contribution in [-0.2, 0) is 16.4 Å². The van der Waals surface area contributed by atoms with E-state index in [1.54, 1.807) is 25.1 Å². The topological polar surface area (TPSA) is 81.0 Å². The monoisotopic (exact) mass is 341 g/mol. The third-order valence-electron chi connectivity index (χ3n) is 4.20. The Morgan fingerprint density at radius 2 is 1.96 bits per heavy atom. The molecule has 1 aliphatic heterocycles. The molecule has 0 saturated heterocycles. The lowest BCUT2D eigenvalue weighted by Gasteiger charge is -2.21. The minimum absolute atomic E-state index is 0.271. The summed E-state index contributed by atoms with van der Waals surface area (Å²) in [7, 11) is -3.64. The minimum atomic E-state index is -3.64. The molecule has 122 valence electrons. The zero-order valence-corrected chi connectivity index (χ0v) is 13.8. The number of hydrogen-bond donors (Lipinski definition) is 0. The number of benzene rings is 2. The molecule has 0 radical (unpaired) electrons. The molecule has 0 aliphatic carbocycles. The molecule has 0 atom stereocenters. The van der Waals surface area contributed by atoms with Gasteiger partial charge in [0.2, 0.25) is 0 Å². The van der Waals surface area contributed by atoms with Crippen LogP contribution in [0.5, 0.6) is 0 Å². The lowest BCUT2D eigenvalue weighted by Crippen LogP contribution is -2.29. The quantitative estimate of drug-likeness (QED) is 0.724. The van der Waals surface area contributed by atoms with Crippen LogP contribution in [0.4, 0.5) is 5.69 Å². The molecule has 7 nitrogen and oxygen atoms in total. The first-order valence-electron chi connectivity index (χ1n) is 7.52. The molecule has 2 heterocycles. The van der Waals surface area contributed by atoms with Crippen molar-refractivity contribution in [3.05, 3.63) is 59.9 Å². The summed E-state index contributed by atoms with van der Waals surface area (Å²) in [6, 6.07) is 12.8. The van der Waals surface area contributed by atoms with Gasteiger partial charge in [0.1, 0.15) is 6.33 Å². The summed E-state index contributed by atoms with van der Waals surface area (Å²) in [5, 5.41) is 11.0. The van der Waals surface area contributed by atoms with E-state index in [9.17, 15) is 8.42 Å². The number of hydrogen-bond acceptors (Lipinski definition) is 5. The number of nitrogens with zero attached hydrogens (tertiary/aromatic N) is 5. The largest absolute Gasteiger partial charge is 0.266 e. The highest BCUT2D eigenvalue weighted by Crippen LogP contribution is 2.34. The smallest absolute Gasteiger partial charge is 0.264 e. The summed E-state index contributed by atoms with van der Waals surface area (Å²) in [5.74, 6) is 0. The van der Waals surface area contributed by atoms with Crippen molar-refractivity contribution in [1.29, 1.82) is 0 Å². The average Bonchev–Trinajstić information content (AvgIpc) is 3.25. The van der Waals surface area contributed by atoms with Gasteiger partial charge in [-0.05, 0) is 53.1 Å². The number of fused-ring (bicyclic) bond motifs is 1.